The smallest absolute Gasteiger partial charge is 0.237 e. The average molecular weight is 452 g/mol. The number of hydrogen-bond donors (Lipinski definition) is 1. The number of carbonyl (C=O) groups excluding carboxylic acids is 1. The number of aromatic nitrogens is 3. The van der Waals surface area contributed by atoms with Gasteiger partial charge in [0.1, 0.15) is 0 Å². The number of nitrogens with one attached hydrogen (secondary N) is 1. The van der Waals surface area contributed by atoms with Gasteiger partial charge in [-0.1, -0.05) is 35.5 Å². The molecule has 1 amide bonds. The van der Waals surface area contributed by atoms with Crippen molar-refractivity contribution in [3.05, 3.63) is 29.3 Å². The first-order valence-corrected chi connectivity index (χ1v) is 11.5. The molecule has 2 aliphatic rings. The van der Waals surface area contributed by atoms with Gasteiger partial charge in [-0.3, -0.25) is 9.36 Å². The van der Waals surface area contributed by atoms with Gasteiger partial charge in [-0.25, -0.2) is 0 Å². The summed E-state index contributed by atoms with van der Waals surface area (Å²) in [7, 11) is 0. The molecule has 4 rings (SSSR count). The van der Waals surface area contributed by atoms with Crippen LogP contribution in [0.4, 0.5) is 11.6 Å². The zero-order valence-electron chi connectivity index (χ0n) is 16.9. The van der Waals surface area contributed by atoms with Gasteiger partial charge in [0.05, 0.1) is 41.8 Å². The molecule has 2 unspecified atom stereocenters. The quantitative estimate of drug-likeness (QED) is 0.648. The van der Waals surface area contributed by atoms with E-state index in [1.54, 1.807) is 12.1 Å². The van der Waals surface area contributed by atoms with Crippen LogP contribution < -0.4 is 10.2 Å². The number of carbonyl (C=O) groups is 1. The SMILES string of the molecule is CC(Sc1nnc(N2CCOCC2)n1CC1CCCO1)C(=O)Nc1ccccc1Cl. The number of para-hydroxylation sites is 1. The fourth-order valence-corrected chi connectivity index (χ4v) is 4.56. The highest BCUT2D eigenvalue weighted by Gasteiger charge is 2.27. The number of thioether (sulfide) groups is 1. The number of amides is 1. The van der Waals surface area contributed by atoms with Crippen LogP contribution in [-0.2, 0) is 20.8 Å². The highest BCUT2D eigenvalue weighted by molar-refractivity contribution is 8.00. The molecule has 162 valence electrons. The zero-order valence-corrected chi connectivity index (χ0v) is 18.5. The summed E-state index contributed by atoms with van der Waals surface area (Å²) in [5.74, 6) is 0.683. The maximum absolute atomic E-state index is 12.7. The second kappa shape index (κ2) is 10.00. The molecule has 8 nitrogen and oxygen atoms in total. The summed E-state index contributed by atoms with van der Waals surface area (Å²) in [5, 5.41) is 12.6. The van der Waals surface area contributed by atoms with E-state index in [1.807, 2.05) is 19.1 Å². The molecule has 3 heterocycles. The molecule has 2 fully saturated rings. The van der Waals surface area contributed by atoms with Crippen LogP contribution in [0.25, 0.3) is 0 Å². The molecule has 10 heteroatoms. The Balaban J connectivity index is 1.49. The Morgan fingerprint density at radius 3 is 2.83 bits per heavy atom. The van der Waals surface area contributed by atoms with E-state index in [0.29, 0.717) is 35.6 Å². The summed E-state index contributed by atoms with van der Waals surface area (Å²) in [5.41, 5.74) is 0.603. The molecule has 2 atom stereocenters. The molecular weight excluding hydrogens is 426 g/mol. The second-order valence-electron chi connectivity index (χ2n) is 7.36. The molecule has 0 aliphatic carbocycles. The molecule has 0 bridgehead atoms. The third-order valence-electron chi connectivity index (χ3n) is 5.18. The number of anilines is 2. The van der Waals surface area contributed by atoms with E-state index < -0.39 is 0 Å². The van der Waals surface area contributed by atoms with Gasteiger partial charge in [0, 0.05) is 19.7 Å². The van der Waals surface area contributed by atoms with Gasteiger partial charge in [-0.05, 0) is 31.9 Å². The minimum Gasteiger partial charge on any atom is -0.378 e. The van der Waals surface area contributed by atoms with Crippen molar-refractivity contribution < 1.29 is 14.3 Å². The topological polar surface area (TPSA) is 81.5 Å². The van der Waals surface area contributed by atoms with E-state index in [2.05, 4.69) is 25.0 Å². The summed E-state index contributed by atoms with van der Waals surface area (Å²) >= 11 is 7.56. The fraction of sp³-hybridized carbons (Fsp3) is 0.550. The van der Waals surface area contributed by atoms with Gasteiger partial charge in [-0.2, -0.15) is 0 Å². The van der Waals surface area contributed by atoms with E-state index >= 15 is 0 Å². The first-order chi connectivity index (χ1) is 14.6. The van der Waals surface area contributed by atoms with Crippen LogP contribution in [0.3, 0.4) is 0 Å². The molecule has 0 radical (unpaired) electrons. The Bertz CT molecular complexity index is 868. The Hall–Kier alpha value is -1.81. The normalized spacial score (nSPS) is 20.3. The second-order valence-corrected chi connectivity index (χ2v) is 9.07. The summed E-state index contributed by atoms with van der Waals surface area (Å²) < 4.78 is 13.4. The molecule has 0 saturated carbocycles. The van der Waals surface area contributed by atoms with Crippen molar-refractivity contribution >= 4 is 40.9 Å². The van der Waals surface area contributed by atoms with Crippen LogP contribution in [0, 0.1) is 0 Å². The van der Waals surface area contributed by atoms with Crippen molar-refractivity contribution in [2.75, 3.05) is 43.1 Å². The number of nitrogens with zero attached hydrogens (tertiary/aromatic N) is 4. The van der Waals surface area contributed by atoms with Crippen molar-refractivity contribution in [1.82, 2.24) is 14.8 Å². The number of halogens is 1. The highest BCUT2D eigenvalue weighted by Crippen LogP contribution is 2.29. The van der Waals surface area contributed by atoms with Gasteiger partial charge >= 0.3 is 0 Å². The molecule has 1 N–H and O–H groups in total. The average Bonchev–Trinajstić information content (AvgIpc) is 3.41. The molecule has 1 aromatic carbocycles. The van der Waals surface area contributed by atoms with E-state index in [9.17, 15) is 4.79 Å². The van der Waals surface area contributed by atoms with Gasteiger partial charge in [0.2, 0.25) is 11.9 Å². The first kappa shape index (κ1) is 21.4. The first-order valence-electron chi connectivity index (χ1n) is 10.2. The summed E-state index contributed by atoms with van der Waals surface area (Å²) in [6.45, 7) is 6.22. The van der Waals surface area contributed by atoms with Gasteiger partial charge in [0.25, 0.3) is 0 Å². The lowest BCUT2D eigenvalue weighted by atomic mass is 10.2. The van der Waals surface area contributed by atoms with Crippen LogP contribution in [0.2, 0.25) is 5.02 Å². The lowest BCUT2D eigenvalue weighted by Crippen LogP contribution is -2.38. The minimum absolute atomic E-state index is 0.132. The van der Waals surface area contributed by atoms with Crippen LogP contribution in [0.1, 0.15) is 19.8 Å². The van der Waals surface area contributed by atoms with Crippen LogP contribution >= 0.6 is 23.4 Å². The van der Waals surface area contributed by atoms with Crippen molar-refractivity contribution in [1.29, 1.82) is 0 Å². The molecule has 2 saturated heterocycles. The van der Waals surface area contributed by atoms with Crippen molar-refractivity contribution in [2.24, 2.45) is 0 Å². The standard InChI is InChI=1S/C20H26ClN5O3S/c1-14(18(27)22-17-7-3-2-6-16(17)21)30-20-24-23-19(25-8-11-28-12-9-25)26(20)13-15-5-4-10-29-15/h2-3,6-7,14-15H,4-5,8-13H2,1H3,(H,22,27). The predicted molar refractivity (Wildman–Crippen MR) is 117 cm³/mol. The lowest BCUT2D eigenvalue weighted by Gasteiger charge is -2.28. The number of rotatable bonds is 7. The third kappa shape index (κ3) is 5.08. The molecule has 2 aliphatic heterocycles. The number of hydrogen-bond acceptors (Lipinski definition) is 7. The number of morpholine rings is 1. The van der Waals surface area contributed by atoms with Crippen LogP contribution in [0.15, 0.2) is 29.4 Å². The summed E-state index contributed by atoms with van der Waals surface area (Å²) in [4.78, 5) is 14.9. The predicted octanol–water partition coefficient (Wildman–Crippen LogP) is 3.07. The monoisotopic (exact) mass is 451 g/mol. The molecule has 2 aromatic rings. The lowest BCUT2D eigenvalue weighted by molar-refractivity contribution is -0.115. The Labute approximate surface area is 185 Å². The van der Waals surface area contributed by atoms with Crippen molar-refractivity contribution in [3.8, 4) is 0 Å². The van der Waals surface area contributed by atoms with Crippen LogP contribution in [0.5, 0.6) is 0 Å². The van der Waals surface area contributed by atoms with E-state index in [1.165, 1.54) is 11.8 Å². The van der Waals surface area contributed by atoms with Crippen LogP contribution in [-0.4, -0.2) is 64.9 Å². The van der Waals surface area contributed by atoms with Gasteiger partial charge in [-0.15, -0.1) is 10.2 Å². The minimum atomic E-state index is -0.369. The number of benzene rings is 1. The molecular formula is C20H26ClN5O3S. The maximum Gasteiger partial charge on any atom is 0.237 e. The Morgan fingerprint density at radius 2 is 2.10 bits per heavy atom. The van der Waals surface area contributed by atoms with E-state index in [0.717, 1.165) is 38.5 Å². The van der Waals surface area contributed by atoms with E-state index in [-0.39, 0.29) is 17.3 Å². The van der Waals surface area contributed by atoms with Gasteiger partial charge in [0.15, 0.2) is 5.16 Å². The van der Waals surface area contributed by atoms with Gasteiger partial charge < -0.3 is 19.7 Å². The van der Waals surface area contributed by atoms with Crippen molar-refractivity contribution in [3.63, 3.8) is 0 Å². The zero-order chi connectivity index (χ0) is 20.9. The fourth-order valence-electron chi connectivity index (χ4n) is 3.53. The van der Waals surface area contributed by atoms with E-state index in [4.69, 9.17) is 21.1 Å². The molecule has 0 spiro atoms. The summed E-state index contributed by atoms with van der Waals surface area (Å²) in [6, 6.07) is 7.21. The highest BCUT2D eigenvalue weighted by atomic mass is 35.5. The van der Waals surface area contributed by atoms with Crippen molar-refractivity contribution in [2.45, 2.75) is 42.8 Å². The third-order valence-corrected chi connectivity index (χ3v) is 6.59. The summed E-state index contributed by atoms with van der Waals surface area (Å²) in [6.07, 6.45) is 2.24. The largest absolute Gasteiger partial charge is 0.378 e. The molecule has 1 aromatic heterocycles. The maximum atomic E-state index is 12.7. The Morgan fingerprint density at radius 1 is 1.30 bits per heavy atom. The number of ether oxygens (including phenoxy) is 2. The Kier molecular flexibility index (Phi) is 7.14. The molecule has 30 heavy (non-hydrogen) atoms.